The highest BCUT2D eigenvalue weighted by molar-refractivity contribution is 5.71. The highest BCUT2D eigenvalue weighted by atomic mass is 16.6. The van der Waals surface area contributed by atoms with Gasteiger partial charge >= 0.3 is 17.9 Å². The summed E-state index contributed by atoms with van der Waals surface area (Å²) in [5, 5.41) is 0. The first-order valence-corrected chi connectivity index (χ1v) is 19.8. The fraction of sp³-hybridized carbons (Fsp3) is 0.925. The van der Waals surface area contributed by atoms with Crippen molar-refractivity contribution in [3.8, 4) is 0 Å². The quantitative estimate of drug-likeness (QED) is 0.0391. The number of ether oxygens (including phenoxy) is 3. The number of carbonyl (C=O) groups excluding carboxylic acids is 3. The van der Waals surface area contributed by atoms with Crippen LogP contribution in [0, 0.1) is 11.8 Å². The first-order chi connectivity index (χ1) is 22.3. The Balaban J connectivity index is 4.32. The van der Waals surface area contributed by atoms with E-state index in [1.807, 2.05) is 0 Å². The smallest absolute Gasteiger partial charge is 0.306 e. The van der Waals surface area contributed by atoms with E-state index in [1.165, 1.54) is 96.3 Å². The molecule has 2 atom stereocenters. The van der Waals surface area contributed by atoms with Crippen LogP contribution in [0.25, 0.3) is 0 Å². The molecule has 0 spiro atoms. The number of hydrogen-bond donors (Lipinski definition) is 0. The molecule has 46 heavy (non-hydrogen) atoms. The highest BCUT2D eigenvalue weighted by Gasteiger charge is 2.19. The number of carbonyl (C=O) groups is 3. The summed E-state index contributed by atoms with van der Waals surface area (Å²) >= 11 is 0. The SMILES string of the molecule is CCCCCCCCCC(=O)O[C@H](COC(=O)CCCCCCCCCCC(C)CC)COC(=O)CCCCCCCCC(C)C. The lowest BCUT2D eigenvalue weighted by molar-refractivity contribution is -0.167. The Morgan fingerprint density at radius 2 is 0.826 bits per heavy atom. The Morgan fingerprint density at radius 1 is 0.457 bits per heavy atom. The van der Waals surface area contributed by atoms with Crippen molar-refractivity contribution in [3.05, 3.63) is 0 Å². The number of hydrogen-bond acceptors (Lipinski definition) is 6. The molecule has 0 aliphatic heterocycles. The average molecular weight is 653 g/mol. The van der Waals surface area contributed by atoms with Gasteiger partial charge in [0.2, 0.25) is 0 Å². The Morgan fingerprint density at radius 3 is 1.24 bits per heavy atom. The van der Waals surface area contributed by atoms with Gasteiger partial charge in [-0.25, -0.2) is 0 Å². The Labute approximate surface area is 285 Å². The first-order valence-electron chi connectivity index (χ1n) is 19.8. The van der Waals surface area contributed by atoms with Crippen LogP contribution in [0.3, 0.4) is 0 Å². The predicted octanol–water partition coefficient (Wildman–Crippen LogP) is 11.8. The molecule has 0 aromatic rings. The minimum atomic E-state index is -0.758. The van der Waals surface area contributed by atoms with E-state index in [4.69, 9.17) is 14.2 Å². The molecule has 0 rings (SSSR count). The van der Waals surface area contributed by atoms with Crippen molar-refractivity contribution in [2.75, 3.05) is 13.2 Å². The van der Waals surface area contributed by atoms with Crippen molar-refractivity contribution in [3.63, 3.8) is 0 Å². The maximum absolute atomic E-state index is 12.5. The zero-order valence-corrected chi connectivity index (χ0v) is 31.2. The van der Waals surface area contributed by atoms with E-state index in [2.05, 4.69) is 34.6 Å². The van der Waals surface area contributed by atoms with E-state index in [1.54, 1.807) is 0 Å². The van der Waals surface area contributed by atoms with E-state index in [9.17, 15) is 14.4 Å². The standard InChI is InChI=1S/C40H76O6/c1-6-8-9-10-13-22-27-32-40(43)46-37(34-45-39(42)31-26-21-17-16-18-23-28-35(3)4)33-44-38(41)30-25-20-15-12-11-14-19-24-29-36(5)7-2/h35-37H,6-34H2,1-5H3/t36?,37-/m1/s1. The van der Waals surface area contributed by atoms with Crippen LogP contribution in [-0.4, -0.2) is 37.2 Å². The molecule has 0 aromatic heterocycles. The van der Waals surface area contributed by atoms with E-state index in [0.29, 0.717) is 19.3 Å². The van der Waals surface area contributed by atoms with Gasteiger partial charge in [0, 0.05) is 19.3 Å². The second-order valence-corrected chi connectivity index (χ2v) is 14.3. The largest absolute Gasteiger partial charge is 0.462 e. The molecule has 0 bridgehead atoms. The zero-order chi connectivity index (χ0) is 34.1. The lowest BCUT2D eigenvalue weighted by Gasteiger charge is -2.18. The van der Waals surface area contributed by atoms with Gasteiger partial charge in [0.05, 0.1) is 0 Å². The van der Waals surface area contributed by atoms with Gasteiger partial charge in [0.15, 0.2) is 6.10 Å². The van der Waals surface area contributed by atoms with Crippen LogP contribution in [0.15, 0.2) is 0 Å². The number of unbranched alkanes of at least 4 members (excludes halogenated alkanes) is 18. The molecule has 0 heterocycles. The van der Waals surface area contributed by atoms with Crippen LogP contribution in [-0.2, 0) is 28.6 Å². The van der Waals surface area contributed by atoms with Crippen LogP contribution in [0.2, 0.25) is 0 Å². The van der Waals surface area contributed by atoms with Crippen LogP contribution in [0.1, 0.15) is 208 Å². The van der Waals surface area contributed by atoms with Crippen molar-refractivity contribution in [2.24, 2.45) is 11.8 Å². The Kier molecular flexibility index (Phi) is 32.2. The highest BCUT2D eigenvalue weighted by Crippen LogP contribution is 2.16. The Hall–Kier alpha value is -1.59. The third-order valence-corrected chi connectivity index (χ3v) is 9.08. The Bertz CT molecular complexity index is 706. The van der Waals surface area contributed by atoms with Crippen molar-refractivity contribution in [2.45, 2.75) is 214 Å². The summed E-state index contributed by atoms with van der Waals surface area (Å²) in [6.07, 6.45) is 28.2. The topological polar surface area (TPSA) is 78.9 Å². The molecule has 0 amide bonds. The monoisotopic (exact) mass is 653 g/mol. The van der Waals surface area contributed by atoms with Gasteiger partial charge in [-0.2, -0.15) is 0 Å². The van der Waals surface area contributed by atoms with E-state index < -0.39 is 6.10 Å². The molecule has 1 unspecified atom stereocenters. The fourth-order valence-electron chi connectivity index (χ4n) is 5.66. The maximum atomic E-state index is 12.5. The summed E-state index contributed by atoms with van der Waals surface area (Å²) < 4.78 is 16.5. The zero-order valence-electron chi connectivity index (χ0n) is 31.2. The first kappa shape index (κ1) is 44.4. The predicted molar refractivity (Wildman–Crippen MR) is 192 cm³/mol. The average Bonchev–Trinajstić information content (AvgIpc) is 3.03. The minimum Gasteiger partial charge on any atom is -0.462 e. The summed E-state index contributed by atoms with van der Waals surface area (Å²) in [5.74, 6) is 0.733. The third-order valence-electron chi connectivity index (χ3n) is 9.08. The summed E-state index contributed by atoms with van der Waals surface area (Å²) in [6.45, 7) is 11.2. The molecule has 0 aromatic carbocycles. The number of esters is 3. The van der Waals surface area contributed by atoms with E-state index in [0.717, 1.165) is 69.6 Å². The molecule has 0 fully saturated rings. The molecule has 6 nitrogen and oxygen atoms in total. The second kappa shape index (κ2) is 33.3. The molecule has 0 saturated heterocycles. The van der Waals surface area contributed by atoms with Crippen LogP contribution in [0.4, 0.5) is 0 Å². The summed E-state index contributed by atoms with van der Waals surface area (Å²) in [6, 6.07) is 0. The van der Waals surface area contributed by atoms with Crippen LogP contribution < -0.4 is 0 Å². The summed E-state index contributed by atoms with van der Waals surface area (Å²) in [5.41, 5.74) is 0. The maximum Gasteiger partial charge on any atom is 0.306 e. The summed E-state index contributed by atoms with van der Waals surface area (Å²) in [7, 11) is 0. The van der Waals surface area contributed by atoms with Crippen molar-refractivity contribution in [1.29, 1.82) is 0 Å². The van der Waals surface area contributed by atoms with Crippen LogP contribution >= 0.6 is 0 Å². The molecule has 6 heteroatoms. The van der Waals surface area contributed by atoms with Gasteiger partial charge in [0.25, 0.3) is 0 Å². The van der Waals surface area contributed by atoms with E-state index >= 15 is 0 Å². The van der Waals surface area contributed by atoms with Gasteiger partial charge in [-0.15, -0.1) is 0 Å². The second-order valence-electron chi connectivity index (χ2n) is 14.3. The molecular formula is C40H76O6. The van der Waals surface area contributed by atoms with Crippen molar-refractivity contribution < 1.29 is 28.6 Å². The molecule has 0 aliphatic carbocycles. The normalized spacial score (nSPS) is 12.7. The third kappa shape index (κ3) is 32.4. The minimum absolute atomic E-state index is 0.0676. The molecular weight excluding hydrogens is 576 g/mol. The van der Waals surface area contributed by atoms with Gasteiger partial charge < -0.3 is 14.2 Å². The van der Waals surface area contributed by atoms with Gasteiger partial charge in [0.1, 0.15) is 13.2 Å². The van der Waals surface area contributed by atoms with Gasteiger partial charge in [-0.1, -0.05) is 169 Å². The lowest BCUT2D eigenvalue weighted by Crippen LogP contribution is -2.30. The molecule has 272 valence electrons. The number of rotatable bonds is 34. The van der Waals surface area contributed by atoms with Gasteiger partial charge in [-0.05, 0) is 31.1 Å². The van der Waals surface area contributed by atoms with Crippen LogP contribution in [0.5, 0.6) is 0 Å². The van der Waals surface area contributed by atoms with E-state index in [-0.39, 0.29) is 31.1 Å². The molecule has 0 N–H and O–H groups in total. The molecule has 0 aliphatic rings. The van der Waals surface area contributed by atoms with Crippen molar-refractivity contribution in [1.82, 2.24) is 0 Å². The van der Waals surface area contributed by atoms with Gasteiger partial charge in [-0.3, -0.25) is 14.4 Å². The lowest BCUT2D eigenvalue weighted by atomic mass is 9.99. The molecule has 0 saturated carbocycles. The van der Waals surface area contributed by atoms with Crippen molar-refractivity contribution >= 4 is 17.9 Å². The fourth-order valence-corrected chi connectivity index (χ4v) is 5.66. The molecule has 0 radical (unpaired) electrons. The summed E-state index contributed by atoms with van der Waals surface area (Å²) in [4.78, 5) is 37.3.